The summed E-state index contributed by atoms with van der Waals surface area (Å²) in [6, 6.07) is 0.464. The van der Waals surface area contributed by atoms with E-state index >= 15 is 0 Å². The van der Waals surface area contributed by atoms with Crippen LogP contribution in [-0.4, -0.2) is 60.8 Å². The molecule has 3 unspecified atom stereocenters. The van der Waals surface area contributed by atoms with Crippen LogP contribution in [0.5, 0.6) is 0 Å². The van der Waals surface area contributed by atoms with Crippen molar-refractivity contribution in [2.75, 3.05) is 32.7 Å². The Labute approximate surface area is 134 Å². The molecule has 2 aliphatic rings. The van der Waals surface area contributed by atoms with E-state index in [4.69, 9.17) is 0 Å². The highest BCUT2D eigenvalue weighted by atomic mass is 16.3. The normalized spacial score (nSPS) is 28.7. The van der Waals surface area contributed by atoms with Crippen molar-refractivity contribution in [3.8, 4) is 0 Å². The number of aliphatic hydroxyl groups is 1. The molecule has 1 aliphatic heterocycles. The molecule has 1 saturated carbocycles. The topological polar surface area (TPSA) is 64.6 Å². The molecule has 2 rings (SSSR count). The van der Waals surface area contributed by atoms with Gasteiger partial charge in [-0.15, -0.1) is 0 Å². The maximum absolute atomic E-state index is 11.0. The van der Waals surface area contributed by atoms with Gasteiger partial charge < -0.3 is 15.7 Å². The van der Waals surface area contributed by atoms with Crippen LogP contribution < -0.4 is 10.6 Å². The van der Waals surface area contributed by atoms with E-state index in [0.29, 0.717) is 18.5 Å². The van der Waals surface area contributed by atoms with Gasteiger partial charge in [-0.25, -0.2) is 0 Å². The van der Waals surface area contributed by atoms with Crippen molar-refractivity contribution in [3.63, 3.8) is 0 Å². The lowest BCUT2D eigenvalue weighted by Crippen LogP contribution is -2.53. The Balaban J connectivity index is 1.78. The van der Waals surface area contributed by atoms with Crippen molar-refractivity contribution in [2.24, 2.45) is 11.8 Å². The first-order valence-electron chi connectivity index (χ1n) is 8.93. The van der Waals surface area contributed by atoms with Gasteiger partial charge in [0, 0.05) is 39.1 Å². The maximum Gasteiger partial charge on any atom is 0.216 e. The van der Waals surface area contributed by atoms with Crippen LogP contribution >= 0.6 is 0 Å². The fraction of sp³-hybridized carbons (Fsp3) is 0.941. The third kappa shape index (κ3) is 5.86. The van der Waals surface area contributed by atoms with E-state index in [1.165, 1.54) is 25.7 Å². The van der Waals surface area contributed by atoms with Crippen LogP contribution in [-0.2, 0) is 4.79 Å². The van der Waals surface area contributed by atoms with E-state index in [-0.39, 0.29) is 12.0 Å². The van der Waals surface area contributed by atoms with E-state index in [9.17, 15) is 9.90 Å². The number of hydrogen-bond acceptors (Lipinski definition) is 4. The molecule has 5 nitrogen and oxygen atoms in total. The zero-order valence-corrected chi connectivity index (χ0v) is 14.2. The van der Waals surface area contributed by atoms with Crippen molar-refractivity contribution in [1.82, 2.24) is 15.5 Å². The molecule has 1 heterocycles. The average Bonchev–Trinajstić information content (AvgIpc) is 2.98. The number of piperidine rings is 1. The molecule has 128 valence electrons. The molecular formula is C17H33N3O2. The summed E-state index contributed by atoms with van der Waals surface area (Å²) in [5, 5.41) is 16.6. The molecule has 0 bridgehead atoms. The summed E-state index contributed by atoms with van der Waals surface area (Å²) in [5.41, 5.74) is 0. The predicted molar refractivity (Wildman–Crippen MR) is 88.7 cm³/mol. The lowest BCUT2D eigenvalue weighted by molar-refractivity contribution is -0.119. The van der Waals surface area contributed by atoms with E-state index in [0.717, 1.165) is 38.5 Å². The molecular weight excluding hydrogens is 278 g/mol. The van der Waals surface area contributed by atoms with Gasteiger partial charge in [0.15, 0.2) is 0 Å². The highest BCUT2D eigenvalue weighted by molar-refractivity contribution is 5.72. The highest BCUT2D eigenvalue weighted by Gasteiger charge is 2.30. The molecule has 0 aromatic carbocycles. The molecule has 0 aromatic heterocycles. The molecule has 3 N–H and O–H groups in total. The number of nitrogens with zero attached hydrogens (tertiary/aromatic N) is 1. The number of rotatable bonds is 7. The van der Waals surface area contributed by atoms with E-state index in [1.807, 2.05) is 6.92 Å². The summed E-state index contributed by atoms with van der Waals surface area (Å²) in [6.45, 7) is 8.09. The quantitative estimate of drug-likeness (QED) is 0.656. The zero-order chi connectivity index (χ0) is 15.9. The molecule has 0 radical (unpaired) electrons. The maximum atomic E-state index is 11.0. The molecule has 5 heteroatoms. The molecule has 3 atom stereocenters. The van der Waals surface area contributed by atoms with E-state index < -0.39 is 0 Å². The summed E-state index contributed by atoms with van der Waals surface area (Å²) in [4.78, 5) is 13.4. The number of carbonyl (C=O) groups excluding carboxylic acids is 1. The van der Waals surface area contributed by atoms with E-state index in [2.05, 4.69) is 15.5 Å². The highest BCUT2D eigenvalue weighted by Crippen LogP contribution is 2.25. The first-order valence-corrected chi connectivity index (χ1v) is 8.93. The lowest BCUT2D eigenvalue weighted by Gasteiger charge is -2.39. The summed E-state index contributed by atoms with van der Waals surface area (Å²) < 4.78 is 0. The second kappa shape index (κ2) is 8.85. The first kappa shape index (κ1) is 17.7. The largest absolute Gasteiger partial charge is 0.393 e. The van der Waals surface area contributed by atoms with Crippen LogP contribution in [0.2, 0.25) is 0 Å². The number of carbonyl (C=O) groups is 1. The van der Waals surface area contributed by atoms with Gasteiger partial charge in [0.25, 0.3) is 0 Å². The number of nitrogens with one attached hydrogen (secondary N) is 2. The van der Waals surface area contributed by atoms with Gasteiger partial charge in [-0.1, -0.05) is 12.8 Å². The van der Waals surface area contributed by atoms with Crippen LogP contribution in [0.3, 0.4) is 0 Å². The molecule has 0 spiro atoms. The summed E-state index contributed by atoms with van der Waals surface area (Å²) in [5.74, 6) is 1.20. The summed E-state index contributed by atoms with van der Waals surface area (Å²) in [6.07, 6.45) is 6.30. The van der Waals surface area contributed by atoms with Gasteiger partial charge in [0.1, 0.15) is 0 Å². The van der Waals surface area contributed by atoms with Crippen LogP contribution in [0.1, 0.15) is 46.0 Å². The van der Waals surface area contributed by atoms with Crippen molar-refractivity contribution >= 4 is 5.91 Å². The van der Waals surface area contributed by atoms with Gasteiger partial charge in [0.2, 0.25) is 5.91 Å². The minimum atomic E-state index is -0.264. The van der Waals surface area contributed by atoms with E-state index in [1.54, 1.807) is 6.92 Å². The predicted octanol–water partition coefficient (Wildman–Crippen LogP) is 0.974. The van der Waals surface area contributed by atoms with Gasteiger partial charge in [-0.2, -0.15) is 0 Å². The minimum absolute atomic E-state index is 0.0278. The molecule has 2 fully saturated rings. The number of hydrogen-bond donors (Lipinski definition) is 3. The Kier molecular flexibility index (Phi) is 7.12. The van der Waals surface area contributed by atoms with Gasteiger partial charge in [0.05, 0.1) is 6.10 Å². The second-order valence-electron chi connectivity index (χ2n) is 7.23. The van der Waals surface area contributed by atoms with Gasteiger partial charge >= 0.3 is 0 Å². The average molecular weight is 311 g/mol. The Morgan fingerprint density at radius 3 is 2.68 bits per heavy atom. The molecule has 1 amide bonds. The summed E-state index contributed by atoms with van der Waals surface area (Å²) >= 11 is 0. The smallest absolute Gasteiger partial charge is 0.216 e. The fourth-order valence-electron chi connectivity index (χ4n) is 3.85. The lowest BCUT2D eigenvalue weighted by atomic mass is 9.90. The Bertz CT molecular complexity index is 343. The van der Waals surface area contributed by atoms with Crippen LogP contribution in [0.15, 0.2) is 0 Å². The van der Waals surface area contributed by atoms with Gasteiger partial charge in [-0.3, -0.25) is 9.69 Å². The van der Waals surface area contributed by atoms with Crippen molar-refractivity contribution in [2.45, 2.75) is 58.1 Å². The first-order chi connectivity index (χ1) is 10.5. The number of likely N-dealkylation sites (tertiary alicyclic amines) is 1. The van der Waals surface area contributed by atoms with Crippen LogP contribution in [0.25, 0.3) is 0 Å². The Morgan fingerprint density at radius 2 is 2.05 bits per heavy atom. The van der Waals surface area contributed by atoms with Crippen molar-refractivity contribution in [1.29, 1.82) is 0 Å². The molecule has 1 saturated heterocycles. The SMILES string of the molecule is CC(=O)NCCN1CC(NCC2CCCC2)CC(C(C)O)C1. The third-order valence-electron chi connectivity index (χ3n) is 5.21. The Morgan fingerprint density at radius 1 is 1.32 bits per heavy atom. The third-order valence-corrected chi connectivity index (χ3v) is 5.21. The Hall–Kier alpha value is -0.650. The standard InChI is InChI=1S/C17H33N3O2/c1-13(21)16-9-17(19-10-15-5-3-4-6-15)12-20(11-16)8-7-18-14(2)22/h13,15-17,19,21H,3-12H2,1-2H3,(H,18,22). The molecule has 1 aliphatic carbocycles. The second-order valence-corrected chi connectivity index (χ2v) is 7.23. The van der Waals surface area contributed by atoms with Crippen molar-refractivity contribution < 1.29 is 9.90 Å². The van der Waals surface area contributed by atoms with Crippen LogP contribution in [0, 0.1) is 11.8 Å². The monoisotopic (exact) mass is 311 g/mol. The molecule has 22 heavy (non-hydrogen) atoms. The minimum Gasteiger partial charge on any atom is -0.393 e. The number of aliphatic hydroxyl groups excluding tert-OH is 1. The zero-order valence-electron chi connectivity index (χ0n) is 14.2. The molecule has 0 aromatic rings. The van der Waals surface area contributed by atoms with Crippen LogP contribution in [0.4, 0.5) is 0 Å². The summed E-state index contributed by atoms with van der Waals surface area (Å²) in [7, 11) is 0. The van der Waals surface area contributed by atoms with Gasteiger partial charge in [-0.05, 0) is 44.6 Å². The fourth-order valence-corrected chi connectivity index (χ4v) is 3.85. The number of amides is 1. The van der Waals surface area contributed by atoms with Crippen molar-refractivity contribution in [3.05, 3.63) is 0 Å².